The quantitative estimate of drug-likeness (QED) is 0.189. The number of carbonyl (C=O) groups is 2. The van der Waals surface area contributed by atoms with E-state index in [0.29, 0.717) is 46.4 Å². The molecule has 2 aliphatic heterocycles. The third-order valence-electron chi connectivity index (χ3n) is 8.19. The number of halogens is 3. The highest BCUT2D eigenvalue weighted by molar-refractivity contribution is 8.00. The molecule has 0 aliphatic carbocycles. The number of thioether (sulfide) groups is 1. The van der Waals surface area contributed by atoms with Crippen LogP contribution in [-0.2, 0) is 4.79 Å². The fourth-order valence-electron chi connectivity index (χ4n) is 5.55. The SMILES string of the molecule is COc1cc2c(Oc3ccc(C4SCC(=O)N4NC(=O)Nc4ccc(F)cc4F)cc3F)ccnc2cc1OCCCN1CCN(C)CC1. The zero-order valence-corrected chi connectivity index (χ0v) is 27.7. The summed E-state index contributed by atoms with van der Waals surface area (Å²) in [5.74, 6) is -1.60. The minimum Gasteiger partial charge on any atom is -0.493 e. The third kappa shape index (κ3) is 8.12. The normalized spacial score (nSPS) is 17.0. The molecule has 0 bridgehead atoms. The van der Waals surface area contributed by atoms with Gasteiger partial charge in [0.2, 0.25) is 0 Å². The van der Waals surface area contributed by atoms with Crippen molar-refractivity contribution in [2.45, 2.75) is 11.8 Å². The van der Waals surface area contributed by atoms with Gasteiger partial charge in [-0.15, -0.1) is 11.8 Å². The van der Waals surface area contributed by atoms with Gasteiger partial charge in [-0.3, -0.25) is 9.78 Å². The van der Waals surface area contributed by atoms with Gasteiger partial charge in [-0.2, -0.15) is 0 Å². The highest BCUT2D eigenvalue weighted by atomic mass is 32.2. The second-order valence-corrected chi connectivity index (χ2v) is 12.7. The molecule has 258 valence electrons. The molecule has 1 atom stereocenters. The molecule has 15 heteroatoms. The number of anilines is 1. The molecule has 0 saturated carbocycles. The lowest BCUT2D eigenvalue weighted by atomic mass is 10.1. The van der Waals surface area contributed by atoms with Crippen LogP contribution in [-0.4, -0.2) is 91.0 Å². The summed E-state index contributed by atoms with van der Waals surface area (Å²) in [6.07, 6.45) is 2.42. The van der Waals surface area contributed by atoms with Gasteiger partial charge < -0.3 is 29.3 Å². The van der Waals surface area contributed by atoms with Crippen LogP contribution in [0.4, 0.5) is 23.7 Å². The number of likely N-dealkylation sites (N-methyl/N-ethyl adjacent to an activating group) is 1. The first-order valence-corrected chi connectivity index (χ1v) is 16.7. The van der Waals surface area contributed by atoms with Gasteiger partial charge in [-0.05, 0) is 55.4 Å². The Morgan fingerprint density at radius 3 is 2.53 bits per heavy atom. The van der Waals surface area contributed by atoms with Gasteiger partial charge >= 0.3 is 6.03 Å². The number of urea groups is 1. The maximum absolute atomic E-state index is 15.5. The molecule has 11 nitrogen and oxygen atoms in total. The monoisotopic (exact) mass is 696 g/mol. The number of amides is 3. The lowest BCUT2D eigenvalue weighted by molar-refractivity contribution is -0.130. The van der Waals surface area contributed by atoms with E-state index in [9.17, 15) is 18.4 Å². The van der Waals surface area contributed by atoms with Gasteiger partial charge in [0.1, 0.15) is 22.8 Å². The molecule has 2 fully saturated rings. The topological polar surface area (TPSA) is 108 Å². The Morgan fingerprint density at radius 1 is 0.959 bits per heavy atom. The number of hydrogen-bond donors (Lipinski definition) is 2. The number of hydrazine groups is 1. The average molecular weight is 697 g/mol. The zero-order valence-electron chi connectivity index (χ0n) is 26.9. The van der Waals surface area contributed by atoms with Crippen molar-refractivity contribution >= 4 is 40.3 Å². The molecule has 0 spiro atoms. The van der Waals surface area contributed by atoms with Gasteiger partial charge in [0.05, 0.1) is 30.7 Å². The van der Waals surface area contributed by atoms with Crippen molar-refractivity contribution < 1.29 is 37.0 Å². The first-order chi connectivity index (χ1) is 23.7. The minimum atomic E-state index is -0.979. The van der Waals surface area contributed by atoms with Crippen molar-refractivity contribution in [1.82, 2.24) is 25.2 Å². The van der Waals surface area contributed by atoms with Crippen LogP contribution in [0, 0.1) is 17.5 Å². The molecule has 3 heterocycles. The Kier molecular flexibility index (Phi) is 10.6. The van der Waals surface area contributed by atoms with Crippen molar-refractivity contribution in [3.05, 3.63) is 83.8 Å². The van der Waals surface area contributed by atoms with Crippen molar-refractivity contribution in [2.75, 3.05) is 64.6 Å². The van der Waals surface area contributed by atoms with E-state index in [0.717, 1.165) is 56.3 Å². The average Bonchev–Trinajstić information content (AvgIpc) is 3.45. The number of carbonyl (C=O) groups excluding carboxylic acids is 2. The molecule has 2 aliphatic rings. The highest BCUT2D eigenvalue weighted by Crippen LogP contribution is 2.41. The Morgan fingerprint density at radius 2 is 1.78 bits per heavy atom. The summed E-state index contributed by atoms with van der Waals surface area (Å²) >= 11 is 1.17. The van der Waals surface area contributed by atoms with Gasteiger partial charge in [-0.25, -0.2) is 28.4 Å². The van der Waals surface area contributed by atoms with Crippen molar-refractivity contribution in [3.8, 4) is 23.0 Å². The van der Waals surface area contributed by atoms with Crippen LogP contribution in [0.25, 0.3) is 10.9 Å². The van der Waals surface area contributed by atoms with E-state index in [2.05, 4.69) is 32.6 Å². The van der Waals surface area contributed by atoms with Crippen LogP contribution < -0.4 is 25.0 Å². The number of fused-ring (bicyclic) bond motifs is 1. The number of nitrogens with one attached hydrogen (secondary N) is 2. The number of hydrogen-bond acceptors (Lipinski definition) is 9. The first-order valence-electron chi connectivity index (χ1n) is 15.6. The van der Waals surface area contributed by atoms with E-state index in [4.69, 9.17) is 14.2 Å². The van der Waals surface area contributed by atoms with Crippen LogP contribution in [0.5, 0.6) is 23.0 Å². The summed E-state index contributed by atoms with van der Waals surface area (Å²) in [6, 6.07) is 11.1. The Bertz CT molecular complexity index is 1840. The molecule has 1 aromatic heterocycles. The highest BCUT2D eigenvalue weighted by Gasteiger charge is 2.35. The number of ether oxygens (including phenoxy) is 3. The molecule has 3 aromatic carbocycles. The molecule has 6 rings (SSSR count). The summed E-state index contributed by atoms with van der Waals surface area (Å²) in [4.78, 5) is 34.3. The van der Waals surface area contributed by atoms with E-state index in [1.54, 1.807) is 37.6 Å². The number of pyridine rings is 1. The summed E-state index contributed by atoms with van der Waals surface area (Å²) < 4.78 is 60.4. The summed E-state index contributed by atoms with van der Waals surface area (Å²) in [5.41, 5.74) is 3.06. The maximum atomic E-state index is 15.5. The molecule has 49 heavy (non-hydrogen) atoms. The predicted octanol–water partition coefficient (Wildman–Crippen LogP) is 5.78. The van der Waals surface area contributed by atoms with Gasteiger partial charge in [0.25, 0.3) is 5.91 Å². The molecule has 2 N–H and O–H groups in total. The molecular weight excluding hydrogens is 661 g/mol. The number of aromatic nitrogens is 1. The van der Waals surface area contributed by atoms with E-state index in [1.807, 2.05) is 0 Å². The molecule has 0 radical (unpaired) electrons. The number of methoxy groups -OCH3 is 1. The summed E-state index contributed by atoms with van der Waals surface area (Å²) in [5, 5.41) is 3.09. The van der Waals surface area contributed by atoms with Crippen LogP contribution >= 0.6 is 11.8 Å². The first kappa shape index (κ1) is 34.1. The van der Waals surface area contributed by atoms with E-state index < -0.39 is 34.8 Å². The Labute approximate surface area is 285 Å². The Hall–Kier alpha value is -4.73. The summed E-state index contributed by atoms with van der Waals surface area (Å²) in [7, 11) is 3.68. The fourth-order valence-corrected chi connectivity index (χ4v) is 6.64. The Balaban J connectivity index is 1.12. The number of rotatable bonds is 11. The molecular formula is C34H35F3N6O5S. The van der Waals surface area contributed by atoms with E-state index >= 15 is 4.39 Å². The van der Waals surface area contributed by atoms with E-state index in [-0.39, 0.29) is 17.2 Å². The van der Waals surface area contributed by atoms with Crippen molar-refractivity contribution in [1.29, 1.82) is 0 Å². The van der Waals surface area contributed by atoms with E-state index in [1.165, 1.54) is 23.9 Å². The number of benzene rings is 3. The second kappa shape index (κ2) is 15.2. The van der Waals surface area contributed by atoms with Crippen LogP contribution in [0.3, 0.4) is 0 Å². The maximum Gasteiger partial charge on any atom is 0.338 e. The van der Waals surface area contributed by atoms with Crippen LogP contribution in [0.1, 0.15) is 17.4 Å². The van der Waals surface area contributed by atoms with Crippen LogP contribution in [0.2, 0.25) is 0 Å². The third-order valence-corrected chi connectivity index (χ3v) is 9.40. The minimum absolute atomic E-state index is 0.0164. The molecule has 1 unspecified atom stereocenters. The number of nitrogens with zero attached hydrogens (tertiary/aromatic N) is 4. The molecule has 2 saturated heterocycles. The van der Waals surface area contributed by atoms with Gasteiger partial charge in [0.15, 0.2) is 23.1 Å². The molecule has 4 aromatic rings. The smallest absolute Gasteiger partial charge is 0.338 e. The van der Waals surface area contributed by atoms with Crippen molar-refractivity contribution in [2.24, 2.45) is 0 Å². The fraction of sp³-hybridized carbons (Fsp3) is 0.324. The largest absolute Gasteiger partial charge is 0.493 e. The summed E-state index contributed by atoms with van der Waals surface area (Å²) in [6.45, 7) is 5.67. The lowest BCUT2D eigenvalue weighted by Crippen LogP contribution is -2.46. The standard InChI is InChI=1S/C34H35F3N6O5S/c1-41-11-13-42(14-12-41)10-3-15-47-31-19-27-23(18-30(31)46-2)28(8-9-38-27)48-29-7-4-21(16-25(29)37)33-43(32(44)20-49-33)40-34(45)39-26-6-5-22(35)17-24(26)36/h4-9,16-19,33H,3,10-15,20H2,1-2H3,(H2,39,40,45). The lowest BCUT2D eigenvalue weighted by Gasteiger charge is -2.32. The van der Waals surface area contributed by atoms with Crippen LogP contribution in [0.15, 0.2) is 60.8 Å². The van der Waals surface area contributed by atoms with Gasteiger partial charge in [0, 0.05) is 56.4 Å². The van der Waals surface area contributed by atoms with Gasteiger partial charge in [-0.1, -0.05) is 6.07 Å². The number of piperazine rings is 1. The molecule has 3 amide bonds. The zero-order chi connectivity index (χ0) is 34.5. The predicted molar refractivity (Wildman–Crippen MR) is 179 cm³/mol. The second-order valence-electron chi connectivity index (χ2n) is 11.6. The van der Waals surface area contributed by atoms with Crippen molar-refractivity contribution in [3.63, 3.8) is 0 Å².